The fourth-order valence-electron chi connectivity index (χ4n) is 5.64. The van der Waals surface area contributed by atoms with Crippen molar-refractivity contribution in [3.05, 3.63) is 35.5 Å². The van der Waals surface area contributed by atoms with Crippen LogP contribution in [0.5, 0.6) is 0 Å². The van der Waals surface area contributed by atoms with Crippen LogP contribution in [0.2, 0.25) is 0 Å². The molecule has 40 heavy (non-hydrogen) atoms. The minimum atomic E-state index is -2.74. The minimum Gasteiger partial charge on any atom is -0.457 e. The summed E-state index contributed by atoms with van der Waals surface area (Å²) >= 11 is 0. The average molecular weight is 571 g/mol. The molecule has 2 aliphatic heterocycles. The van der Waals surface area contributed by atoms with Gasteiger partial charge in [0.25, 0.3) is 0 Å². The number of hydrogen-bond donors (Lipinski definition) is 2. The van der Waals surface area contributed by atoms with E-state index in [-0.39, 0.29) is 55.3 Å². The van der Waals surface area contributed by atoms with Gasteiger partial charge >= 0.3 is 5.97 Å². The van der Waals surface area contributed by atoms with Gasteiger partial charge in [0.1, 0.15) is 35.6 Å². The second-order valence-electron chi connectivity index (χ2n) is 10.8. The molecule has 1 saturated heterocycles. The van der Waals surface area contributed by atoms with E-state index in [0.717, 1.165) is 0 Å². The van der Waals surface area contributed by atoms with Gasteiger partial charge in [-0.3, -0.25) is 4.79 Å². The zero-order chi connectivity index (χ0) is 28.8. The maximum atomic E-state index is 14.6. The molecule has 2 aromatic rings. The minimum absolute atomic E-state index is 0.0293. The number of rotatable bonds is 6. The van der Waals surface area contributed by atoms with Gasteiger partial charge in [-0.15, -0.1) is 5.10 Å². The Kier molecular flexibility index (Phi) is 7.61. The molecule has 14 heteroatoms. The number of carbonyl (C=O) groups is 1. The number of aliphatic hydroxyl groups is 2. The number of alkyl halides is 2. The summed E-state index contributed by atoms with van der Waals surface area (Å²) in [7, 11) is 0. The molecule has 1 aromatic heterocycles. The molecule has 5 unspecified atom stereocenters. The molecule has 2 fully saturated rings. The Morgan fingerprint density at radius 2 is 1.90 bits per heavy atom. The highest BCUT2D eigenvalue weighted by atomic mass is 19.3. The second-order valence-corrected chi connectivity index (χ2v) is 10.8. The van der Waals surface area contributed by atoms with Crippen molar-refractivity contribution >= 4 is 11.7 Å². The van der Waals surface area contributed by atoms with E-state index in [4.69, 9.17) is 14.3 Å². The number of hydrogen-bond acceptors (Lipinski definition) is 9. The highest BCUT2D eigenvalue weighted by Crippen LogP contribution is 2.45. The fraction of sp³-hybridized carbons (Fsp3) is 0.615. The monoisotopic (exact) mass is 570 g/mol. The van der Waals surface area contributed by atoms with Crippen molar-refractivity contribution < 1.29 is 46.9 Å². The van der Waals surface area contributed by atoms with Gasteiger partial charge in [0.2, 0.25) is 5.92 Å². The number of halogens is 4. The van der Waals surface area contributed by atoms with Crippen molar-refractivity contribution in [1.29, 1.82) is 0 Å². The van der Waals surface area contributed by atoms with Gasteiger partial charge in [-0.05, 0) is 31.4 Å². The van der Waals surface area contributed by atoms with E-state index in [0.29, 0.717) is 5.71 Å². The molecule has 0 bridgehead atoms. The van der Waals surface area contributed by atoms with Crippen LogP contribution in [0.4, 0.5) is 17.6 Å². The predicted molar refractivity (Wildman–Crippen MR) is 130 cm³/mol. The van der Waals surface area contributed by atoms with Crippen molar-refractivity contribution in [2.75, 3.05) is 6.61 Å². The number of aliphatic hydroxyl groups excluding tert-OH is 2. The van der Waals surface area contributed by atoms with Crippen LogP contribution in [-0.2, 0) is 19.1 Å². The third kappa shape index (κ3) is 5.44. The lowest BCUT2D eigenvalue weighted by Crippen LogP contribution is -2.57. The molecule has 1 aromatic carbocycles. The van der Waals surface area contributed by atoms with Crippen LogP contribution in [0.25, 0.3) is 11.3 Å². The van der Waals surface area contributed by atoms with E-state index < -0.39 is 66.2 Å². The maximum Gasteiger partial charge on any atom is 0.303 e. The molecule has 218 valence electrons. The van der Waals surface area contributed by atoms with Gasteiger partial charge < -0.3 is 24.5 Å². The summed E-state index contributed by atoms with van der Waals surface area (Å²) in [5, 5.41) is 33.1. The van der Waals surface area contributed by atoms with E-state index in [2.05, 4.69) is 15.5 Å². The molecule has 5 rings (SSSR count). The van der Waals surface area contributed by atoms with Crippen LogP contribution in [0.15, 0.2) is 23.5 Å². The molecule has 0 amide bonds. The molecule has 2 N–H and O–H groups in total. The lowest BCUT2D eigenvalue weighted by molar-refractivity contribution is -0.216. The molecular formula is C26H30F4N4O6. The first-order valence-electron chi connectivity index (χ1n) is 13.0. The molecule has 0 radical (unpaired) electrons. The number of nitrogens with zero attached hydrogens (tertiary/aromatic N) is 4. The Morgan fingerprint density at radius 3 is 2.58 bits per heavy atom. The lowest BCUT2D eigenvalue weighted by Gasteiger charge is -2.43. The zero-order valence-corrected chi connectivity index (χ0v) is 21.9. The first-order valence-corrected chi connectivity index (χ1v) is 13.0. The largest absolute Gasteiger partial charge is 0.457 e. The number of aryl methyl sites for hydroxylation is 1. The van der Waals surface area contributed by atoms with Crippen LogP contribution in [0.1, 0.15) is 57.1 Å². The Morgan fingerprint density at radius 1 is 1.18 bits per heavy atom. The van der Waals surface area contributed by atoms with Crippen molar-refractivity contribution in [3.8, 4) is 11.3 Å². The average Bonchev–Trinajstić information content (AvgIpc) is 3.54. The fourth-order valence-corrected chi connectivity index (χ4v) is 5.64. The quantitative estimate of drug-likeness (QED) is 0.400. The van der Waals surface area contributed by atoms with Crippen molar-refractivity contribution in [2.24, 2.45) is 5.16 Å². The lowest BCUT2D eigenvalue weighted by atomic mass is 9.79. The highest BCUT2D eigenvalue weighted by molar-refractivity contribution is 5.86. The summed E-state index contributed by atoms with van der Waals surface area (Å²) in [4.78, 5) is 17.7. The zero-order valence-electron chi connectivity index (χ0n) is 21.9. The standard InChI is InChI=1S/C26H30F4N4O6/c1-13-3-4-16(21(28)20(13)27)17-11-34(33-31-17)22-23(37)19(12-35)39-18(24(22)38-14(2)36)9-15-10-25(40-32-15)5-7-26(29,30)8-6-25/h3-4,11,18-19,22-24,35,37H,5-10,12H2,1-2H3. The van der Waals surface area contributed by atoms with Crippen LogP contribution >= 0.6 is 0 Å². The topological polar surface area (TPSA) is 128 Å². The molecule has 3 heterocycles. The number of carbonyl (C=O) groups excluding carboxylic acids is 1. The molecule has 1 spiro atoms. The number of oxime groups is 1. The Labute approximate surface area is 226 Å². The SMILES string of the molecule is CC(=O)OC1C(CC2=NOC3(CCC(F)(F)CC3)C2)OC(CO)C(O)C1n1cc(-c2ccc(C)c(F)c2F)nn1. The number of esters is 1. The molecule has 1 aliphatic carbocycles. The normalized spacial score (nSPS) is 29.2. The van der Waals surface area contributed by atoms with Crippen LogP contribution in [-0.4, -0.2) is 79.4 Å². The van der Waals surface area contributed by atoms with Gasteiger partial charge in [-0.2, -0.15) is 0 Å². The Bertz CT molecular complexity index is 1290. The molecule has 1 saturated carbocycles. The van der Waals surface area contributed by atoms with Gasteiger partial charge in [0.15, 0.2) is 17.7 Å². The predicted octanol–water partition coefficient (Wildman–Crippen LogP) is 3.24. The third-order valence-corrected chi connectivity index (χ3v) is 7.86. The van der Waals surface area contributed by atoms with Crippen molar-refractivity contribution in [1.82, 2.24) is 15.0 Å². The molecular weight excluding hydrogens is 540 g/mol. The van der Waals surface area contributed by atoms with Gasteiger partial charge in [-0.1, -0.05) is 16.4 Å². The smallest absolute Gasteiger partial charge is 0.303 e. The summed E-state index contributed by atoms with van der Waals surface area (Å²) in [5.74, 6) is -5.58. The highest BCUT2D eigenvalue weighted by Gasteiger charge is 2.52. The molecule has 5 atom stereocenters. The maximum absolute atomic E-state index is 14.6. The third-order valence-electron chi connectivity index (χ3n) is 7.86. The van der Waals surface area contributed by atoms with E-state index in [1.54, 1.807) is 0 Å². The first-order chi connectivity index (χ1) is 18.9. The van der Waals surface area contributed by atoms with Crippen LogP contribution in [0, 0.1) is 18.6 Å². The van der Waals surface area contributed by atoms with Gasteiger partial charge in [-0.25, -0.2) is 22.2 Å². The summed E-state index contributed by atoms with van der Waals surface area (Å²) in [6, 6.07) is 1.60. The van der Waals surface area contributed by atoms with E-state index >= 15 is 0 Å². The summed E-state index contributed by atoms with van der Waals surface area (Å²) in [6.45, 7) is 1.99. The van der Waals surface area contributed by atoms with Gasteiger partial charge in [0, 0.05) is 38.2 Å². The van der Waals surface area contributed by atoms with Crippen LogP contribution in [0.3, 0.4) is 0 Å². The summed E-state index contributed by atoms with van der Waals surface area (Å²) in [6.07, 6.45) is -3.44. The van der Waals surface area contributed by atoms with Crippen LogP contribution < -0.4 is 0 Å². The van der Waals surface area contributed by atoms with E-state index in [1.807, 2.05) is 0 Å². The van der Waals surface area contributed by atoms with E-state index in [1.165, 1.54) is 36.9 Å². The first kappa shape index (κ1) is 28.4. The van der Waals surface area contributed by atoms with Crippen molar-refractivity contribution in [2.45, 2.75) is 94.4 Å². The second kappa shape index (κ2) is 10.7. The number of benzene rings is 1. The molecule has 10 nitrogen and oxygen atoms in total. The summed E-state index contributed by atoms with van der Waals surface area (Å²) in [5.41, 5.74) is -0.420. The van der Waals surface area contributed by atoms with E-state index in [9.17, 15) is 32.6 Å². The molecule has 3 aliphatic rings. The van der Waals surface area contributed by atoms with Gasteiger partial charge in [0.05, 0.1) is 18.5 Å². The number of ether oxygens (including phenoxy) is 2. The Balaban J connectivity index is 1.41. The van der Waals surface area contributed by atoms with Crippen molar-refractivity contribution in [3.63, 3.8) is 0 Å². The Hall–Kier alpha value is -3.10. The number of aromatic nitrogens is 3. The summed E-state index contributed by atoms with van der Waals surface area (Å²) < 4.78 is 68.9.